The Morgan fingerprint density at radius 3 is 2.82 bits per heavy atom. The number of benzene rings is 1. The largest absolute Gasteiger partial charge is 0.373 e. The van der Waals surface area contributed by atoms with Crippen molar-refractivity contribution in [3.63, 3.8) is 0 Å². The molecule has 114 valence electrons. The zero-order valence-electron chi connectivity index (χ0n) is 12.3. The third-order valence-electron chi connectivity index (χ3n) is 2.94. The summed E-state index contributed by atoms with van der Waals surface area (Å²) < 4.78 is 4.49. The molecule has 0 aliphatic carbocycles. The van der Waals surface area contributed by atoms with Gasteiger partial charge in [0, 0.05) is 16.7 Å². The fourth-order valence-electron chi connectivity index (χ4n) is 2.01. The predicted octanol–water partition coefficient (Wildman–Crippen LogP) is 4.22. The quantitative estimate of drug-likeness (QED) is 0.634. The van der Waals surface area contributed by atoms with E-state index in [2.05, 4.69) is 17.0 Å². The van der Waals surface area contributed by atoms with Crippen LogP contribution in [0.2, 0.25) is 0 Å². The van der Waals surface area contributed by atoms with Crippen molar-refractivity contribution in [2.75, 3.05) is 17.3 Å². The standard InChI is InChI=1S/C16H16N2O2S2/c1-11(9-21-2)18-15-13(16(19)20-10-17)8-14(22-15)12-6-4-3-5-7-12/h3-8,11,18H,9H2,1-2H3. The van der Waals surface area contributed by atoms with Gasteiger partial charge in [-0.3, -0.25) is 0 Å². The van der Waals surface area contributed by atoms with Gasteiger partial charge in [-0.2, -0.15) is 11.8 Å². The molecule has 2 rings (SSSR count). The summed E-state index contributed by atoms with van der Waals surface area (Å²) >= 11 is 3.22. The minimum absolute atomic E-state index is 0.214. The van der Waals surface area contributed by atoms with Gasteiger partial charge in [-0.15, -0.1) is 16.6 Å². The predicted molar refractivity (Wildman–Crippen MR) is 92.3 cm³/mol. The second kappa shape index (κ2) is 7.87. The normalized spacial score (nSPS) is 11.5. The number of nitrogens with zero attached hydrogens (tertiary/aromatic N) is 1. The van der Waals surface area contributed by atoms with Crippen molar-refractivity contribution in [2.45, 2.75) is 13.0 Å². The fraction of sp³-hybridized carbons (Fsp3) is 0.250. The summed E-state index contributed by atoms with van der Waals surface area (Å²) in [6.07, 6.45) is 3.48. The van der Waals surface area contributed by atoms with E-state index in [0.717, 1.165) is 21.2 Å². The molecule has 0 aliphatic heterocycles. The van der Waals surface area contributed by atoms with Crippen molar-refractivity contribution in [3.8, 4) is 16.7 Å². The number of rotatable bonds is 6. The highest BCUT2D eigenvalue weighted by molar-refractivity contribution is 7.98. The van der Waals surface area contributed by atoms with Crippen LogP contribution in [0.5, 0.6) is 0 Å². The molecular formula is C16H16N2O2S2. The number of thioether (sulfide) groups is 1. The molecule has 1 unspecified atom stereocenters. The fourth-order valence-corrected chi connectivity index (χ4v) is 3.75. The maximum atomic E-state index is 12.0. The number of hydrogen-bond donors (Lipinski definition) is 1. The molecule has 0 aliphatic rings. The van der Waals surface area contributed by atoms with Gasteiger partial charge in [0.15, 0.2) is 0 Å². The highest BCUT2D eigenvalue weighted by Gasteiger charge is 2.19. The summed E-state index contributed by atoms with van der Waals surface area (Å²) in [4.78, 5) is 12.9. The molecule has 0 spiro atoms. The molecule has 6 heteroatoms. The SMILES string of the molecule is CSCC(C)Nc1sc(-c2ccccc2)cc1C(=O)OC#N. The van der Waals surface area contributed by atoms with E-state index in [1.54, 1.807) is 17.8 Å². The van der Waals surface area contributed by atoms with Crippen LogP contribution < -0.4 is 5.32 Å². The number of ether oxygens (including phenoxy) is 1. The van der Waals surface area contributed by atoms with Gasteiger partial charge < -0.3 is 10.1 Å². The topological polar surface area (TPSA) is 62.1 Å². The Morgan fingerprint density at radius 1 is 1.45 bits per heavy atom. The van der Waals surface area contributed by atoms with Gasteiger partial charge in [0.05, 0.1) is 5.56 Å². The van der Waals surface area contributed by atoms with Crippen molar-refractivity contribution in [1.82, 2.24) is 0 Å². The summed E-state index contributed by atoms with van der Waals surface area (Å²) in [5, 5.41) is 12.6. The molecule has 2 aromatic rings. The molecular weight excluding hydrogens is 316 g/mol. The second-order valence-corrected chi connectivity index (χ2v) is 6.66. The average molecular weight is 332 g/mol. The molecule has 22 heavy (non-hydrogen) atoms. The third-order valence-corrected chi connectivity index (χ3v) is 4.89. The summed E-state index contributed by atoms with van der Waals surface area (Å²) in [5.41, 5.74) is 1.43. The lowest BCUT2D eigenvalue weighted by Crippen LogP contribution is -2.18. The Labute approximate surface area is 138 Å². The van der Waals surface area contributed by atoms with Crippen molar-refractivity contribution >= 4 is 34.1 Å². The molecule has 4 nitrogen and oxygen atoms in total. The molecule has 0 radical (unpaired) electrons. The first-order valence-electron chi connectivity index (χ1n) is 6.70. The number of thiophene rings is 1. The van der Waals surface area contributed by atoms with E-state index in [1.165, 1.54) is 17.6 Å². The van der Waals surface area contributed by atoms with E-state index in [-0.39, 0.29) is 6.04 Å². The van der Waals surface area contributed by atoms with E-state index in [1.807, 2.05) is 36.6 Å². The highest BCUT2D eigenvalue weighted by Crippen LogP contribution is 2.36. The molecule has 1 atom stereocenters. The molecule has 0 fully saturated rings. The van der Waals surface area contributed by atoms with Gasteiger partial charge in [0.1, 0.15) is 5.00 Å². The number of nitriles is 1. The molecule has 1 N–H and O–H groups in total. The number of hydrogen-bond acceptors (Lipinski definition) is 6. The van der Waals surface area contributed by atoms with Gasteiger partial charge >= 0.3 is 5.97 Å². The molecule has 1 aromatic carbocycles. The van der Waals surface area contributed by atoms with Gasteiger partial charge in [0.25, 0.3) is 6.26 Å². The number of carbonyl (C=O) groups is 1. The summed E-state index contributed by atoms with van der Waals surface area (Å²) in [5.74, 6) is 0.297. The molecule has 0 bridgehead atoms. The minimum Gasteiger partial charge on any atom is -0.373 e. The van der Waals surface area contributed by atoms with E-state index >= 15 is 0 Å². The summed E-state index contributed by atoms with van der Waals surface area (Å²) in [6.45, 7) is 2.05. The van der Waals surface area contributed by atoms with Crippen LogP contribution in [0.3, 0.4) is 0 Å². The van der Waals surface area contributed by atoms with Crippen LogP contribution in [0.25, 0.3) is 10.4 Å². The van der Waals surface area contributed by atoms with Crippen molar-refractivity contribution in [3.05, 3.63) is 42.0 Å². The molecule has 0 saturated heterocycles. The van der Waals surface area contributed by atoms with Gasteiger partial charge in [-0.05, 0) is 24.8 Å². The molecule has 0 saturated carbocycles. The number of anilines is 1. The van der Waals surface area contributed by atoms with E-state index < -0.39 is 5.97 Å². The maximum Gasteiger partial charge on any atom is 0.356 e. The third kappa shape index (κ3) is 4.03. The Balaban J connectivity index is 2.35. The lowest BCUT2D eigenvalue weighted by atomic mass is 10.1. The van der Waals surface area contributed by atoms with Gasteiger partial charge in [-0.25, -0.2) is 4.79 Å². The summed E-state index contributed by atoms with van der Waals surface area (Å²) in [7, 11) is 0. The van der Waals surface area contributed by atoms with Crippen LogP contribution >= 0.6 is 23.1 Å². The highest BCUT2D eigenvalue weighted by atomic mass is 32.2. The maximum absolute atomic E-state index is 12.0. The number of nitrogens with one attached hydrogen (secondary N) is 1. The zero-order chi connectivity index (χ0) is 15.9. The lowest BCUT2D eigenvalue weighted by Gasteiger charge is -2.13. The number of esters is 1. The van der Waals surface area contributed by atoms with E-state index in [9.17, 15) is 4.79 Å². The molecule has 1 heterocycles. The Hall–Kier alpha value is -1.97. The zero-order valence-corrected chi connectivity index (χ0v) is 14.0. The second-order valence-electron chi connectivity index (χ2n) is 4.70. The number of carbonyl (C=O) groups excluding carboxylic acids is 1. The first kappa shape index (κ1) is 16.4. The lowest BCUT2D eigenvalue weighted by molar-refractivity contribution is 0.0687. The average Bonchev–Trinajstić information content (AvgIpc) is 2.92. The Kier molecular flexibility index (Phi) is 5.87. The molecule has 1 aromatic heterocycles. The first-order valence-corrected chi connectivity index (χ1v) is 8.91. The minimum atomic E-state index is -0.625. The Bertz CT molecular complexity index is 677. The van der Waals surface area contributed by atoms with Crippen LogP contribution in [-0.4, -0.2) is 24.0 Å². The smallest absolute Gasteiger partial charge is 0.356 e. The van der Waals surface area contributed by atoms with Crippen LogP contribution in [0.15, 0.2) is 36.4 Å². The van der Waals surface area contributed by atoms with Crippen molar-refractivity contribution in [1.29, 1.82) is 5.26 Å². The Morgan fingerprint density at radius 2 is 2.18 bits per heavy atom. The summed E-state index contributed by atoms with van der Waals surface area (Å²) in [6, 6.07) is 11.8. The van der Waals surface area contributed by atoms with Crippen LogP contribution in [-0.2, 0) is 4.74 Å². The van der Waals surface area contributed by atoms with E-state index in [4.69, 9.17) is 5.26 Å². The molecule has 0 amide bonds. The monoisotopic (exact) mass is 332 g/mol. The van der Waals surface area contributed by atoms with Crippen LogP contribution in [0, 0.1) is 11.5 Å². The van der Waals surface area contributed by atoms with Crippen LogP contribution in [0.1, 0.15) is 17.3 Å². The van der Waals surface area contributed by atoms with Crippen LogP contribution in [0.4, 0.5) is 5.00 Å². The van der Waals surface area contributed by atoms with Gasteiger partial charge in [-0.1, -0.05) is 30.3 Å². The van der Waals surface area contributed by atoms with Crippen molar-refractivity contribution < 1.29 is 9.53 Å². The first-order chi connectivity index (χ1) is 10.7. The van der Waals surface area contributed by atoms with Crippen molar-refractivity contribution in [2.24, 2.45) is 0 Å². The van der Waals surface area contributed by atoms with Gasteiger partial charge in [0.2, 0.25) is 0 Å². The van der Waals surface area contributed by atoms with E-state index in [0.29, 0.717) is 5.56 Å².